The Morgan fingerprint density at radius 3 is 2.96 bits per heavy atom. The van der Waals surface area contributed by atoms with Gasteiger partial charge in [0, 0.05) is 49.9 Å². The lowest BCUT2D eigenvalue weighted by Gasteiger charge is -2.32. The van der Waals surface area contributed by atoms with Gasteiger partial charge in [-0.3, -0.25) is 4.40 Å². The van der Waals surface area contributed by atoms with E-state index in [1.165, 1.54) is 12.1 Å². The molecule has 0 amide bonds. The zero-order valence-electron chi connectivity index (χ0n) is 13.4. The lowest BCUT2D eigenvalue weighted by atomic mass is 10.1. The number of imidazole rings is 1. The SMILES string of the molecule is Fc1cccc(OC2CCN(CCc3cn4ccsc4n3)CC2)c1. The monoisotopic (exact) mass is 345 g/mol. The number of piperidine rings is 1. The van der Waals surface area contributed by atoms with Crippen LogP contribution in [0, 0.1) is 5.82 Å². The second kappa shape index (κ2) is 6.91. The minimum absolute atomic E-state index is 0.181. The lowest BCUT2D eigenvalue weighted by Crippen LogP contribution is -2.39. The second-order valence-electron chi connectivity index (χ2n) is 6.19. The van der Waals surface area contributed by atoms with Crippen LogP contribution in [0.25, 0.3) is 4.96 Å². The predicted molar refractivity (Wildman–Crippen MR) is 93.3 cm³/mol. The molecule has 0 saturated carbocycles. The van der Waals surface area contributed by atoms with Crippen molar-refractivity contribution in [1.29, 1.82) is 0 Å². The summed E-state index contributed by atoms with van der Waals surface area (Å²) in [7, 11) is 0. The van der Waals surface area contributed by atoms with Gasteiger partial charge in [0.1, 0.15) is 17.7 Å². The molecule has 1 aliphatic heterocycles. The molecule has 1 fully saturated rings. The fraction of sp³-hybridized carbons (Fsp3) is 0.389. The van der Waals surface area contributed by atoms with E-state index in [0.29, 0.717) is 5.75 Å². The van der Waals surface area contributed by atoms with E-state index in [1.807, 2.05) is 12.3 Å². The first-order valence-corrected chi connectivity index (χ1v) is 9.20. The third-order valence-electron chi connectivity index (χ3n) is 4.46. The summed E-state index contributed by atoms with van der Waals surface area (Å²) in [6.45, 7) is 3.06. The van der Waals surface area contributed by atoms with Gasteiger partial charge in [-0.15, -0.1) is 11.3 Å². The number of benzene rings is 1. The van der Waals surface area contributed by atoms with Gasteiger partial charge in [-0.1, -0.05) is 6.07 Å². The third kappa shape index (κ3) is 3.60. The molecule has 0 spiro atoms. The number of ether oxygens (including phenoxy) is 1. The van der Waals surface area contributed by atoms with Crippen LogP contribution in [0.5, 0.6) is 5.75 Å². The predicted octanol–water partition coefficient (Wildman–Crippen LogP) is 3.62. The van der Waals surface area contributed by atoms with E-state index in [2.05, 4.69) is 25.9 Å². The fourth-order valence-electron chi connectivity index (χ4n) is 3.15. The molecule has 0 unspecified atom stereocenters. The fourth-order valence-corrected chi connectivity index (χ4v) is 3.87. The summed E-state index contributed by atoms with van der Waals surface area (Å²) in [5.74, 6) is 0.386. The molecule has 24 heavy (non-hydrogen) atoms. The van der Waals surface area contributed by atoms with Crippen molar-refractivity contribution in [3.05, 3.63) is 53.6 Å². The van der Waals surface area contributed by atoms with Crippen LogP contribution in [0.15, 0.2) is 42.0 Å². The number of halogens is 1. The number of hydrogen-bond donors (Lipinski definition) is 0. The Hall–Kier alpha value is -1.92. The Kier molecular flexibility index (Phi) is 4.49. The van der Waals surface area contributed by atoms with Crippen LogP contribution < -0.4 is 4.74 Å². The minimum atomic E-state index is -0.245. The first kappa shape index (κ1) is 15.6. The summed E-state index contributed by atoms with van der Waals surface area (Å²) in [6.07, 6.45) is 7.28. The molecule has 1 saturated heterocycles. The largest absolute Gasteiger partial charge is 0.490 e. The average Bonchev–Trinajstić information content (AvgIpc) is 3.16. The first-order chi connectivity index (χ1) is 11.8. The molecule has 0 radical (unpaired) electrons. The molecule has 6 heteroatoms. The Morgan fingerprint density at radius 1 is 1.29 bits per heavy atom. The van der Waals surface area contributed by atoms with Gasteiger partial charge in [-0.2, -0.15) is 0 Å². The zero-order valence-corrected chi connectivity index (χ0v) is 14.2. The molecular formula is C18H20FN3OS. The molecular weight excluding hydrogens is 325 g/mol. The van der Waals surface area contributed by atoms with E-state index in [1.54, 1.807) is 17.4 Å². The van der Waals surface area contributed by atoms with E-state index < -0.39 is 0 Å². The number of thiazole rings is 1. The van der Waals surface area contributed by atoms with Gasteiger partial charge >= 0.3 is 0 Å². The molecule has 0 bridgehead atoms. The Balaban J connectivity index is 1.24. The van der Waals surface area contributed by atoms with E-state index in [-0.39, 0.29) is 11.9 Å². The highest BCUT2D eigenvalue weighted by atomic mass is 32.1. The molecule has 3 aromatic rings. The maximum absolute atomic E-state index is 13.2. The lowest BCUT2D eigenvalue weighted by molar-refractivity contribution is 0.101. The summed E-state index contributed by atoms with van der Waals surface area (Å²) < 4.78 is 21.2. The number of hydrogen-bond acceptors (Lipinski definition) is 4. The van der Waals surface area contributed by atoms with Crippen LogP contribution in [0.4, 0.5) is 4.39 Å². The van der Waals surface area contributed by atoms with Crippen molar-refractivity contribution in [2.24, 2.45) is 0 Å². The molecule has 4 rings (SSSR count). The molecule has 4 nitrogen and oxygen atoms in total. The molecule has 0 aliphatic carbocycles. The van der Waals surface area contributed by atoms with Gasteiger partial charge in [-0.05, 0) is 25.0 Å². The van der Waals surface area contributed by atoms with Crippen molar-refractivity contribution >= 4 is 16.3 Å². The minimum Gasteiger partial charge on any atom is -0.490 e. The molecule has 1 aromatic carbocycles. The van der Waals surface area contributed by atoms with Gasteiger partial charge in [0.15, 0.2) is 4.96 Å². The Bertz CT molecular complexity index is 779. The third-order valence-corrected chi connectivity index (χ3v) is 5.23. The number of aromatic nitrogens is 2. The van der Waals surface area contributed by atoms with Crippen molar-refractivity contribution in [3.8, 4) is 5.75 Å². The zero-order chi connectivity index (χ0) is 16.4. The Morgan fingerprint density at radius 2 is 2.17 bits per heavy atom. The molecule has 0 N–H and O–H groups in total. The smallest absolute Gasteiger partial charge is 0.193 e. The standard InChI is InChI=1S/C18H20FN3OS/c19-14-2-1-3-17(12-14)23-16-5-8-21(9-6-16)7-4-15-13-22-10-11-24-18(22)20-15/h1-3,10-13,16H,4-9H2. The van der Waals surface area contributed by atoms with Crippen LogP contribution >= 0.6 is 11.3 Å². The van der Waals surface area contributed by atoms with Gasteiger partial charge in [0.05, 0.1) is 5.69 Å². The highest BCUT2D eigenvalue weighted by Gasteiger charge is 2.20. The van der Waals surface area contributed by atoms with Crippen LogP contribution in [0.1, 0.15) is 18.5 Å². The Labute approximate surface area is 144 Å². The van der Waals surface area contributed by atoms with Crippen molar-refractivity contribution in [3.63, 3.8) is 0 Å². The normalized spacial score (nSPS) is 16.7. The van der Waals surface area contributed by atoms with Crippen molar-refractivity contribution in [2.75, 3.05) is 19.6 Å². The van der Waals surface area contributed by atoms with Crippen molar-refractivity contribution in [2.45, 2.75) is 25.4 Å². The van der Waals surface area contributed by atoms with Crippen molar-refractivity contribution in [1.82, 2.24) is 14.3 Å². The van der Waals surface area contributed by atoms with Crippen LogP contribution in [0.3, 0.4) is 0 Å². The van der Waals surface area contributed by atoms with Crippen LogP contribution in [-0.2, 0) is 6.42 Å². The summed E-state index contributed by atoms with van der Waals surface area (Å²) >= 11 is 1.67. The average molecular weight is 345 g/mol. The first-order valence-electron chi connectivity index (χ1n) is 8.32. The van der Waals surface area contributed by atoms with Gasteiger partial charge < -0.3 is 9.64 Å². The van der Waals surface area contributed by atoms with Crippen LogP contribution in [0.2, 0.25) is 0 Å². The molecule has 2 aromatic heterocycles. The number of nitrogens with zero attached hydrogens (tertiary/aromatic N) is 3. The van der Waals surface area contributed by atoms with E-state index in [4.69, 9.17) is 4.74 Å². The maximum Gasteiger partial charge on any atom is 0.193 e. The van der Waals surface area contributed by atoms with Gasteiger partial charge in [0.25, 0.3) is 0 Å². The summed E-state index contributed by atoms with van der Waals surface area (Å²) in [5, 5.41) is 2.05. The number of likely N-dealkylation sites (tertiary alicyclic amines) is 1. The van der Waals surface area contributed by atoms with E-state index in [0.717, 1.165) is 49.6 Å². The highest BCUT2D eigenvalue weighted by Crippen LogP contribution is 2.20. The molecule has 126 valence electrons. The molecule has 0 atom stereocenters. The van der Waals surface area contributed by atoms with Gasteiger partial charge in [0.2, 0.25) is 0 Å². The van der Waals surface area contributed by atoms with E-state index in [9.17, 15) is 4.39 Å². The number of fused-ring (bicyclic) bond motifs is 1. The quantitative estimate of drug-likeness (QED) is 0.707. The van der Waals surface area contributed by atoms with E-state index >= 15 is 0 Å². The molecule has 3 heterocycles. The molecule has 1 aliphatic rings. The number of rotatable bonds is 5. The summed E-state index contributed by atoms with van der Waals surface area (Å²) in [5.41, 5.74) is 1.15. The van der Waals surface area contributed by atoms with Crippen molar-refractivity contribution < 1.29 is 9.13 Å². The summed E-state index contributed by atoms with van der Waals surface area (Å²) in [4.78, 5) is 8.15. The summed E-state index contributed by atoms with van der Waals surface area (Å²) in [6, 6.07) is 6.40. The van der Waals surface area contributed by atoms with Gasteiger partial charge in [-0.25, -0.2) is 9.37 Å². The highest BCUT2D eigenvalue weighted by molar-refractivity contribution is 7.15. The van der Waals surface area contributed by atoms with Crippen LogP contribution in [-0.4, -0.2) is 40.0 Å². The topological polar surface area (TPSA) is 29.8 Å². The second-order valence-corrected chi connectivity index (χ2v) is 7.06. The maximum atomic E-state index is 13.2.